The van der Waals surface area contributed by atoms with Gasteiger partial charge in [0, 0.05) is 22.7 Å². The monoisotopic (exact) mass is 433 g/mol. The minimum absolute atomic E-state index is 0.309. The predicted molar refractivity (Wildman–Crippen MR) is 125 cm³/mol. The maximum absolute atomic E-state index is 15.0. The number of fused-ring (bicyclic) bond motifs is 1. The Bertz CT molecular complexity index is 1250. The molecule has 0 saturated heterocycles. The zero-order valence-electron chi connectivity index (χ0n) is 17.3. The Kier molecular flexibility index (Phi) is 5.28. The summed E-state index contributed by atoms with van der Waals surface area (Å²) in [5.41, 5.74) is 10.3. The van der Waals surface area contributed by atoms with Crippen LogP contribution < -0.4 is 10.5 Å². The summed E-state index contributed by atoms with van der Waals surface area (Å²) in [5, 5.41) is 0.795. The fourth-order valence-electron chi connectivity index (χ4n) is 4.33. The molecule has 5 nitrogen and oxygen atoms in total. The summed E-state index contributed by atoms with van der Waals surface area (Å²) in [6.07, 6.45) is 8.25. The van der Waals surface area contributed by atoms with E-state index in [2.05, 4.69) is 25.5 Å². The van der Waals surface area contributed by atoms with Crippen molar-refractivity contribution in [1.29, 1.82) is 0 Å². The molecule has 0 unspecified atom stereocenters. The quantitative estimate of drug-likeness (QED) is 0.358. The van der Waals surface area contributed by atoms with Gasteiger partial charge in [-0.15, -0.1) is 0 Å². The van der Waals surface area contributed by atoms with E-state index in [1.54, 1.807) is 12.1 Å². The third kappa shape index (κ3) is 3.74. The number of nitrogens with two attached hydrogens (primary N) is 1. The number of hydrogen-bond donors (Lipinski definition) is 2. The summed E-state index contributed by atoms with van der Waals surface area (Å²) in [7, 11) is 0. The molecule has 2 aromatic heterocycles. The van der Waals surface area contributed by atoms with Gasteiger partial charge in [-0.25, -0.2) is 14.4 Å². The molecule has 7 heteroatoms. The van der Waals surface area contributed by atoms with Gasteiger partial charge in [-0.1, -0.05) is 37.1 Å². The van der Waals surface area contributed by atoms with Crippen LogP contribution in [0, 0.1) is 12.7 Å². The Labute approximate surface area is 185 Å². The van der Waals surface area contributed by atoms with Crippen molar-refractivity contribution in [3.63, 3.8) is 0 Å². The van der Waals surface area contributed by atoms with Crippen molar-refractivity contribution in [3.8, 4) is 11.1 Å². The molecule has 1 saturated carbocycles. The van der Waals surface area contributed by atoms with Crippen LogP contribution in [0.4, 0.5) is 15.9 Å². The Morgan fingerprint density at radius 1 is 1.13 bits per heavy atom. The van der Waals surface area contributed by atoms with E-state index in [4.69, 9.17) is 5.73 Å². The molecule has 4 aromatic rings. The maximum atomic E-state index is 15.0. The van der Waals surface area contributed by atoms with Crippen molar-refractivity contribution in [2.24, 2.45) is 0 Å². The lowest BCUT2D eigenvalue weighted by Gasteiger charge is -2.12. The van der Waals surface area contributed by atoms with Gasteiger partial charge in [-0.3, -0.25) is 0 Å². The van der Waals surface area contributed by atoms with Gasteiger partial charge < -0.3 is 15.0 Å². The topological polar surface area (TPSA) is 68.8 Å². The molecule has 5 rings (SSSR count). The standard InChI is InChI=1S/C24H24FN5S/c1-15-6-2-5-9-21(15)31-29-20-11-10-16(12-19(20)25)18-13-30(17-7-3-4-8-17)24-22(18)23(26)27-14-28-24/h2,5-6,9-14,17,29H,3-4,7-8H2,1H3,(H2,26,27,28). The van der Waals surface area contributed by atoms with Gasteiger partial charge in [-0.2, -0.15) is 0 Å². The Morgan fingerprint density at radius 2 is 1.94 bits per heavy atom. The van der Waals surface area contributed by atoms with Gasteiger partial charge in [0.15, 0.2) is 0 Å². The average molecular weight is 434 g/mol. The fraction of sp³-hybridized carbons (Fsp3) is 0.250. The second-order valence-electron chi connectivity index (χ2n) is 8.01. The van der Waals surface area contributed by atoms with E-state index >= 15 is 4.39 Å². The number of aryl methyl sites for hydroxylation is 1. The smallest absolute Gasteiger partial charge is 0.147 e. The molecule has 2 heterocycles. The summed E-state index contributed by atoms with van der Waals surface area (Å²) in [6, 6.07) is 13.7. The molecule has 0 amide bonds. The van der Waals surface area contributed by atoms with Gasteiger partial charge in [-0.05, 0) is 61.0 Å². The highest BCUT2D eigenvalue weighted by molar-refractivity contribution is 8.00. The van der Waals surface area contributed by atoms with Crippen molar-refractivity contribution in [1.82, 2.24) is 14.5 Å². The van der Waals surface area contributed by atoms with Crippen LogP contribution in [0.25, 0.3) is 22.2 Å². The normalized spacial score (nSPS) is 14.4. The van der Waals surface area contributed by atoms with E-state index in [9.17, 15) is 0 Å². The molecule has 0 aliphatic heterocycles. The average Bonchev–Trinajstić information content (AvgIpc) is 3.42. The lowest BCUT2D eigenvalue weighted by Crippen LogP contribution is -2.04. The van der Waals surface area contributed by atoms with Crippen LogP contribution in [0.2, 0.25) is 0 Å². The van der Waals surface area contributed by atoms with Crippen molar-refractivity contribution in [2.75, 3.05) is 10.5 Å². The van der Waals surface area contributed by atoms with E-state index in [0.717, 1.165) is 45.5 Å². The molecular weight excluding hydrogens is 409 g/mol. The van der Waals surface area contributed by atoms with Crippen molar-refractivity contribution in [3.05, 3.63) is 66.4 Å². The van der Waals surface area contributed by atoms with Crippen molar-refractivity contribution in [2.45, 2.75) is 43.5 Å². The second-order valence-corrected chi connectivity index (χ2v) is 8.86. The van der Waals surface area contributed by atoms with E-state index in [-0.39, 0.29) is 5.82 Å². The molecule has 1 fully saturated rings. The number of hydrogen-bond acceptors (Lipinski definition) is 5. The fourth-order valence-corrected chi connectivity index (χ4v) is 5.10. The molecule has 1 aliphatic carbocycles. The minimum atomic E-state index is -0.309. The third-order valence-corrected chi connectivity index (χ3v) is 7.00. The molecule has 3 N–H and O–H groups in total. The third-order valence-electron chi connectivity index (χ3n) is 6.00. The van der Waals surface area contributed by atoms with E-state index in [0.29, 0.717) is 17.5 Å². The number of rotatable bonds is 5. The second kappa shape index (κ2) is 8.23. The van der Waals surface area contributed by atoms with Crippen LogP contribution in [-0.2, 0) is 0 Å². The zero-order chi connectivity index (χ0) is 21.4. The van der Waals surface area contributed by atoms with Crippen LogP contribution in [-0.4, -0.2) is 14.5 Å². The molecular formula is C24H24FN5S. The first kappa shape index (κ1) is 19.9. The number of nitrogen functional groups attached to an aromatic ring is 1. The number of aromatic nitrogens is 3. The molecule has 0 bridgehead atoms. The first-order valence-electron chi connectivity index (χ1n) is 10.5. The zero-order valence-corrected chi connectivity index (χ0v) is 18.1. The van der Waals surface area contributed by atoms with Gasteiger partial charge in [0.1, 0.15) is 23.6 Å². The minimum Gasteiger partial charge on any atom is -0.383 e. The Hall–Kier alpha value is -3.06. The van der Waals surface area contributed by atoms with E-state index in [1.807, 2.05) is 37.3 Å². The molecule has 158 valence electrons. The van der Waals surface area contributed by atoms with Crippen molar-refractivity contribution >= 4 is 34.5 Å². The summed E-state index contributed by atoms with van der Waals surface area (Å²) in [6.45, 7) is 2.04. The number of halogens is 1. The molecule has 0 atom stereocenters. The van der Waals surface area contributed by atoms with Gasteiger partial charge in [0.25, 0.3) is 0 Å². The SMILES string of the molecule is Cc1ccccc1SNc1ccc(-c2cn(C3CCCC3)c3ncnc(N)c23)cc1F. The predicted octanol–water partition coefficient (Wildman–Crippen LogP) is 6.36. The van der Waals surface area contributed by atoms with E-state index in [1.165, 1.54) is 31.1 Å². The van der Waals surface area contributed by atoms with Crippen LogP contribution in [0.5, 0.6) is 0 Å². The number of nitrogens with one attached hydrogen (secondary N) is 1. The molecule has 2 aromatic carbocycles. The van der Waals surface area contributed by atoms with Crippen molar-refractivity contribution < 1.29 is 4.39 Å². The number of benzene rings is 2. The first-order chi connectivity index (χ1) is 15.1. The number of anilines is 2. The highest BCUT2D eigenvalue weighted by Crippen LogP contribution is 2.39. The maximum Gasteiger partial charge on any atom is 0.147 e. The highest BCUT2D eigenvalue weighted by Gasteiger charge is 2.23. The molecule has 0 radical (unpaired) electrons. The van der Waals surface area contributed by atoms with Gasteiger partial charge in [0.05, 0.1) is 11.1 Å². The first-order valence-corrected chi connectivity index (χ1v) is 11.3. The van der Waals surface area contributed by atoms with E-state index < -0.39 is 0 Å². The van der Waals surface area contributed by atoms with Gasteiger partial charge >= 0.3 is 0 Å². The van der Waals surface area contributed by atoms with Crippen LogP contribution >= 0.6 is 11.9 Å². The summed E-state index contributed by atoms with van der Waals surface area (Å²) in [4.78, 5) is 9.76. The lowest BCUT2D eigenvalue weighted by atomic mass is 10.1. The molecule has 0 spiro atoms. The lowest BCUT2D eigenvalue weighted by molar-refractivity contribution is 0.532. The number of nitrogens with zero attached hydrogens (tertiary/aromatic N) is 3. The summed E-state index contributed by atoms with van der Waals surface area (Å²) in [5.74, 6) is 0.116. The summed E-state index contributed by atoms with van der Waals surface area (Å²) < 4.78 is 20.3. The van der Waals surface area contributed by atoms with Crippen LogP contribution in [0.15, 0.2) is 59.9 Å². The van der Waals surface area contributed by atoms with Crippen LogP contribution in [0.1, 0.15) is 37.3 Å². The Balaban J connectivity index is 1.49. The largest absolute Gasteiger partial charge is 0.383 e. The Morgan fingerprint density at radius 3 is 2.71 bits per heavy atom. The van der Waals surface area contributed by atoms with Crippen LogP contribution in [0.3, 0.4) is 0 Å². The molecule has 31 heavy (non-hydrogen) atoms. The van der Waals surface area contributed by atoms with Gasteiger partial charge in [0.2, 0.25) is 0 Å². The summed E-state index contributed by atoms with van der Waals surface area (Å²) >= 11 is 1.41. The highest BCUT2D eigenvalue weighted by atomic mass is 32.2. The molecule has 1 aliphatic rings.